The van der Waals surface area contributed by atoms with Crippen LogP contribution in [0.1, 0.15) is 1.43 Å². The largest absolute Gasteiger partial charge is 1.00 e. The zero-order valence-corrected chi connectivity index (χ0v) is 14.9. The van der Waals surface area contributed by atoms with Gasteiger partial charge in [-0.15, -0.1) is 64.9 Å². The summed E-state index contributed by atoms with van der Waals surface area (Å²) in [5.41, 5.74) is 0. The predicted octanol–water partition coefficient (Wildman–Crippen LogP) is -1.07. The van der Waals surface area contributed by atoms with Gasteiger partial charge in [0.05, 0.1) is 0 Å². The van der Waals surface area contributed by atoms with E-state index in [0.29, 0.717) is 0 Å². The molecule has 0 radical (unpaired) electrons. The van der Waals surface area contributed by atoms with Crippen molar-refractivity contribution < 1.29 is 70.3 Å². The fraction of sp³-hybridized carbons (Fsp3) is 0. The Kier molecular flexibility index (Phi) is 96.6. The van der Waals surface area contributed by atoms with E-state index in [2.05, 4.69) is 0 Å². The molecular formula is H4BrCsI2. The van der Waals surface area contributed by atoms with Crippen LogP contribution in [0.15, 0.2) is 0 Å². The van der Waals surface area contributed by atoms with Crippen molar-refractivity contribution >= 4 is 64.9 Å². The van der Waals surface area contributed by atoms with Gasteiger partial charge in [-0.25, -0.2) is 0 Å². The zero-order valence-electron chi connectivity index (χ0n) is 3.22. The number of hydrogen-bond acceptors (Lipinski definition) is 0. The van der Waals surface area contributed by atoms with Gasteiger partial charge in [-0.2, -0.15) is 0 Å². The van der Waals surface area contributed by atoms with Crippen LogP contribution in [0.2, 0.25) is 0 Å². The number of halogens is 3. The van der Waals surface area contributed by atoms with E-state index in [4.69, 9.17) is 0 Å². The van der Waals surface area contributed by atoms with Gasteiger partial charge in [0.2, 0.25) is 0 Å². The van der Waals surface area contributed by atoms with Gasteiger partial charge in [0.25, 0.3) is 0 Å². The summed E-state index contributed by atoms with van der Waals surface area (Å²) < 4.78 is 0. The van der Waals surface area contributed by atoms with Crippen molar-refractivity contribution in [3.05, 3.63) is 0 Å². The molecule has 0 fully saturated rings. The fourth-order valence-electron chi connectivity index (χ4n) is 0. The van der Waals surface area contributed by atoms with Crippen LogP contribution in [0.25, 0.3) is 0 Å². The molecule has 0 aliphatic heterocycles. The predicted molar refractivity (Wildman–Crippen MR) is 42.3 cm³/mol. The standard InChI is InChI=1S/BrH.Cs.2HI.H/h1H;;2*1H;/q;+1;;;-1. The van der Waals surface area contributed by atoms with Crippen LogP contribution in [0.4, 0.5) is 0 Å². The molecule has 0 saturated heterocycles. The van der Waals surface area contributed by atoms with Gasteiger partial charge in [0.15, 0.2) is 0 Å². The van der Waals surface area contributed by atoms with Crippen LogP contribution in [0.3, 0.4) is 0 Å². The van der Waals surface area contributed by atoms with E-state index in [-0.39, 0.29) is 135 Å². The minimum absolute atomic E-state index is 0. The zero-order chi connectivity index (χ0) is 0. The quantitative estimate of drug-likeness (QED) is 0.396. The van der Waals surface area contributed by atoms with Crippen LogP contribution in [-0.2, 0) is 0 Å². The van der Waals surface area contributed by atoms with Crippen molar-refractivity contribution in [3.8, 4) is 0 Å². The molecule has 0 aromatic carbocycles. The van der Waals surface area contributed by atoms with E-state index in [1.807, 2.05) is 0 Å². The average Bonchev–Trinajstić information content (AvgIpc) is 0. The Bertz CT molecular complexity index is 9.61. The van der Waals surface area contributed by atoms with Gasteiger partial charge < -0.3 is 1.43 Å². The first-order chi connectivity index (χ1) is 0. The molecule has 4 heteroatoms. The Balaban J connectivity index is 0. The van der Waals surface area contributed by atoms with E-state index < -0.39 is 0 Å². The summed E-state index contributed by atoms with van der Waals surface area (Å²) in [5.74, 6) is 0. The van der Waals surface area contributed by atoms with Crippen LogP contribution < -0.4 is 68.9 Å². The first kappa shape index (κ1) is 24.5. The molecule has 0 nitrogen and oxygen atoms in total. The molecule has 0 rings (SSSR count). The third-order valence-corrected chi connectivity index (χ3v) is 0. The maximum Gasteiger partial charge on any atom is 1.00 e. The molecule has 0 heterocycles. The molecule has 0 spiro atoms. The minimum atomic E-state index is 0. The summed E-state index contributed by atoms with van der Waals surface area (Å²) in [6, 6.07) is 0. The maximum absolute atomic E-state index is 0. The third kappa shape index (κ3) is 9.37. The smallest absolute Gasteiger partial charge is 1.00 e. The molecule has 0 N–H and O–H groups in total. The summed E-state index contributed by atoms with van der Waals surface area (Å²) in [6.07, 6.45) is 0. The van der Waals surface area contributed by atoms with Gasteiger partial charge in [-0.3, -0.25) is 0 Å². The third-order valence-electron chi connectivity index (χ3n) is 0. The normalized spacial score (nSPS) is 0. The van der Waals surface area contributed by atoms with Crippen molar-refractivity contribution in [1.82, 2.24) is 0 Å². The maximum atomic E-state index is 0. The molecule has 4 heavy (non-hydrogen) atoms. The molecule has 0 bridgehead atoms. The Hall–Kier alpha value is 3.99. The second-order valence-corrected chi connectivity index (χ2v) is 0. The van der Waals surface area contributed by atoms with Crippen molar-refractivity contribution in [2.24, 2.45) is 0 Å². The van der Waals surface area contributed by atoms with Gasteiger partial charge in [0.1, 0.15) is 0 Å². The Morgan fingerprint density at radius 2 is 1.00 bits per heavy atom. The second-order valence-electron chi connectivity index (χ2n) is 0. The van der Waals surface area contributed by atoms with E-state index in [1.165, 1.54) is 0 Å². The summed E-state index contributed by atoms with van der Waals surface area (Å²) in [6.45, 7) is 0. The molecule has 0 amide bonds. The van der Waals surface area contributed by atoms with Gasteiger partial charge in [-0.05, 0) is 0 Å². The SMILES string of the molecule is Br.I.I.[Cs+].[H-]. The molecule has 0 aliphatic rings. The first-order valence-electron chi connectivity index (χ1n) is 0. The molecule has 0 aliphatic carbocycles. The van der Waals surface area contributed by atoms with Gasteiger partial charge >= 0.3 is 68.9 Å². The Labute approximate surface area is 131 Å². The summed E-state index contributed by atoms with van der Waals surface area (Å²) in [5, 5.41) is 0. The molecule has 26 valence electrons. The summed E-state index contributed by atoms with van der Waals surface area (Å²) >= 11 is 0. The topological polar surface area (TPSA) is 0 Å². The van der Waals surface area contributed by atoms with Crippen LogP contribution in [0, 0.1) is 0 Å². The van der Waals surface area contributed by atoms with E-state index in [9.17, 15) is 0 Å². The molecule has 0 saturated carbocycles. The monoisotopic (exact) mass is 470 g/mol. The van der Waals surface area contributed by atoms with Crippen molar-refractivity contribution in [2.45, 2.75) is 0 Å². The van der Waals surface area contributed by atoms with Crippen molar-refractivity contribution in [1.29, 1.82) is 0 Å². The molecule has 0 unspecified atom stereocenters. The molecule has 0 aromatic heterocycles. The van der Waals surface area contributed by atoms with Crippen molar-refractivity contribution in [3.63, 3.8) is 0 Å². The minimum Gasteiger partial charge on any atom is -1.00 e. The Morgan fingerprint density at radius 3 is 1.00 bits per heavy atom. The van der Waals surface area contributed by atoms with E-state index in [0.717, 1.165) is 0 Å². The van der Waals surface area contributed by atoms with Crippen LogP contribution in [-0.4, -0.2) is 0 Å². The number of hydrogen-bond donors (Lipinski definition) is 0. The van der Waals surface area contributed by atoms with Crippen LogP contribution in [0.5, 0.6) is 0 Å². The molecular weight excluding hydrogens is 467 g/mol. The second kappa shape index (κ2) is 15.8. The summed E-state index contributed by atoms with van der Waals surface area (Å²) in [4.78, 5) is 0. The fourth-order valence-corrected chi connectivity index (χ4v) is 0. The molecule has 0 aromatic rings. The van der Waals surface area contributed by atoms with Gasteiger partial charge in [-0.1, -0.05) is 0 Å². The Morgan fingerprint density at radius 1 is 1.00 bits per heavy atom. The average molecular weight is 471 g/mol. The van der Waals surface area contributed by atoms with Crippen LogP contribution >= 0.6 is 64.9 Å². The molecule has 0 atom stereocenters. The van der Waals surface area contributed by atoms with E-state index >= 15 is 0 Å². The van der Waals surface area contributed by atoms with Crippen molar-refractivity contribution in [2.75, 3.05) is 0 Å². The summed E-state index contributed by atoms with van der Waals surface area (Å²) in [7, 11) is 0. The van der Waals surface area contributed by atoms with Gasteiger partial charge in [0, 0.05) is 0 Å². The first-order valence-corrected chi connectivity index (χ1v) is 0. The van der Waals surface area contributed by atoms with E-state index in [1.54, 1.807) is 0 Å². The number of rotatable bonds is 0.